The quantitative estimate of drug-likeness (QED) is 0.790. The molecular formula is C17H25NO4S. The van der Waals surface area contributed by atoms with Crippen LogP contribution in [-0.2, 0) is 21.0 Å². The predicted octanol–water partition coefficient (Wildman–Crippen LogP) is 2.56. The molecule has 1 saturated heterocycles. The number of ether oxygens (including phenoxy) is 1. The highest BCUT2D eigenvalue weighted by atomic mass is 32.2. The van der Waals surface area contributed by atoms with Gasteiger partial charge in [0.1, 0.15) is 6.10 Å². The number of amides is 1. The van der Waals surface area contributed by atoms with E-state index in [4.69, 9.17) is 4.74 Å². The smallest absolute Gasteiger partial charge is 0.407 e. The van der Waals surface area contributed by atoms with Crippen molar-refractivity contribution in [2.75, 3.05) is 11.5 Å². The Morgan fingerprint density at radius 2 is 1.87 bits per heavy atom. The zero-order valence-electron chi connectivity index (χ0n) is 13.7. The second kappa shape index (κ2) is 7.81. The van der Waals surface area contributed by atoms with E-state index in [1.54, 1.807) is 0 Å². The molecule has 0 spiro atoms. The molecule has 0 aromatic heterocycles. The molecule has 2 unspecified atom stereocenters. The fourth-order valence-electron chi connectivity index (χ4n) is 2.79. The molecule has 0 bridgehead atoms. The molecule has 1 N–H and O–H groups in total. The summed E-state index contributed by atoms with van der Waals surface area (Å²) in [6, 6.07) is 9.48. The van der Waals surface area contributed by atoms with E-state index in [9.17, 15) is 13.2 Å². The lowest BCUT2D eigenvalue weighted by Crippen LogP contribution is -2.34. The first kappa shape index (κ1) is 17.8. The molecule has 1 aromatic carbocycles. The molecule has 5 nitrogen and oxygen atoms in total. The summed E-state index contributed by atoms with van der Waals surface area (Å²) in [6.45, 7) is 4.14. The van der Waals surface area contributed by atoms with Gasteiger partial charge in [-0.15, -0.1) is 0 Å². The van der Waals surface area contributed by atoms with Crippen molar-refractivity contribution in [1.29, 1.82) is 0 Å². The van der Waals surface area contributed by atoms with Crippen LogP contribution in [0.25, 0.3) is 0 Å². The second-order valence-electron chi connectivity index (χ2n) is 6.50. The van der Waals surface area contributed by atoms with E-state index in [1.807, 2.05) is 30.3 Å². The number of cyclic esters (lactones) is 1. The molecule has 2 rings (SSSR count). The first-order valence-electron chi connectivity index (χ1n) is 8.07. The van der Waals surface area contributed by atoms with Crippen LogP contribution < -0.4 is 5.32 Å². The molecule has 0 aliphatic carbocycles. The van der Waals surface area contributed by atoms with Crippen LogP contribution in [0.15, 0.2) is 30.3 Å². The van der Waals surface area contributed by atoms with Gasteiger partial charge in [0, 0.05) is 6.42 Å². The summed E-state index contributed by atoms with van der Waals surface area (Å²) >= 11 is 0. The number of alkyl carbamates (subject to hydrolysis) is 1. The molecule has 1 fully saturated rings. The highest BCUT2D eigenvalue weighted by molar-refractivity contribution is 7.91. The van der Waals surface area contributed by atoms with E-state index < -0.39 is 15.9 Å². The number of hydrogen-bond donors (Lipinski definition) is 1. The average molecular weight is 339 g/mol. The third-order valence-corrected chi connectivity index (χ3v) is 5.68. The van der Waals surface area contributed by atoms with Crippen molar-refractivity contribution in [1.82, 2.24) is 5.32 Å². The number of benzene rings is 1. The number of aryl methyl sites for hydroxylation is 1. The van der Waals surface area contributed by atoms with Gasteiger partial charge in [-0.1, -0.05) is 44.2 Å². The van der Waals surface area contributed by atoms with Gasteiger partial charge in [-0.3, -0.25) is 0 Å². The minimum absolute atomic E-state index is 0.0497. The minimum atomic E-state index is -3.16. The molecule has 23 heavy (non-hydrogen) atoms. The van der Waals surface area contributed by atoms with Crippen molar-refractivity contribution in [3.8, 4) is 0 Å². The molecule has 1 amide bonds. The Bertz CT molecular complexity index is 613. The molecule has 1 heterocycles. The van der Waals surface area contributed by atoms with Crippen LogP contribution in [0.1, 0.15) is 32.3 Å². The maximum Gasteiger partial charge on any atom is 0.407 e. The van der Waals surface area contributed by atoms with E-state index in [1.165, 1.54) is 0 Å². The van der Waals surface area contributed by atoms with Gasteiger partial charge < -0.3 is 10.1 Å². The van der Waals surface area contributed by atoms with E-state index in [0.29, 0.717) is 18.8 Å². The predicted molar refractivity (Wildman–Crippen MR) is 90.1 cm³/mol. The Balaban J connectivity index is 1.84. The molecule has 6 heteroatoms. The van der Waals surface area contributed by atoms with Crippen LogP contribution in [0.3, 0.4) is 0 Å². The van der Waals surface area contributed by atoms with Gasteiger partial charge in [0.15, 0.2) is 9.84 Å². The summed E-state index contributed by atoms with van der Waals surface area (Å²) in [7, 11) is -3.16. The van der Waals surface area contributed by atoms with Gasteiger partial charge in [-0.2, -0.15) is 0 Å². The number of carbonyl (C=O) groups excluding carboxylic acids is 1. The first-order chi connectivity index (χ1) is 10.9. The van der Waals surface area contributed by atoms with E-state index in [-0.39, 0.29) is 23.7 Å². The van der Waals surface area contributed by atoms with Gasteiger partial charge in [0.05, 0.1) is 17.5 Å². The summed E-state index contributed by atoms with van der Waals surface area (Å²) in [5.74, 6) is 0.591. The Kier molecular flexibility index (Phi) is 6.04. The molecular weight excluding hydrogens is 314 g/mol. The highest BCUT2D eigenvalue weighted by Crippen LogP contribution is 2.20. The summed E-state index contributed by atoms with van der Waals surface area (Å²) < 4.78 is 29.6. The van der Waals surface area contributed by atoms with Crippen LogP contribution in [0.4, 0.5) is 4.79 Å². The van der Waals surface area contributed by atoms with Crippen molar-refractivity contribution in [2.45, 2.75) is 45.3 Å². The summed E-state index contributed by atoms with van der Waals surface area (Å²) in [5, 5.41) is 2.77. The fraction of sp³-hybridized carbons (Fsp3) is 0.588. The molecule has 0 saturated carbocycles. The Hall–Kier alpha value is -1.56. The lowest BCUT2D eigenvalue weighted by molar-refractivity contribution is 0.126. The number of carbonyl (C=O) groups is 1. The Morgan fingerprint density at radius 3 is 2.52 bits per heavy atom. The van der Waals surface area contributed by atoms with Crippen molar-refractivity contribution in [3.63, 3.8) is 0 Å². The number of hydrogen-bond acceptors (Lipinski definition) is 4. The topological polar surface area (TPSA) is 72.5 Å². The summed E-state index contributed by atoms with van der Waals surface area (Å²) in [4.78, 5) is 11.4. The third kappa shape index (κ3) is 5.86. The number of rotatable bonds is 8. The van der Waals surface area contributed by atoms with Gasteiger partial charge in [-0.25, -0.2) is 13.2 Å². The summed E-state index contributed by atoms with van der Waals surface area (Å²) in [5.41, 5.74) is 1.02. The normalized spacial score (nSPS) is 21.3. The minimum Gasteiger partial charge on any atom is -0.444 e. The van der Waals surface area contributed by atoms with Crippen LogP contribution in [0.2, 0.25) is 0 Å². The van der Waals surface area contributed by atoms with Crippen molar-refractivity contribution in [3.05, 3.63) is 35.9 Å². The fourth-order valence-corrected chi connectivity index (χ4v) is 4.13. The van der Waals surface area contributed by atoms with Crippen molar-refractivity contribution < 1.29 is 17.9 Å². The SMILES string of the molecule is CC(C)CC1NC(=O)OC1CCS(=O)(=O)CCc1ccccc1. The van der Waals surface area contributed by atoms with Crippen molar-refractivity contribution >= 4 is 15.9 Å². The van der Waals surface area contributed by atoms with E-state index in [0.717, 1.165) is 12.0 Å². The standard InChI is InChI=1S/C17H25NO4S/c1-13(2)12-15-16(22-17(19)18-15)9-11-23(20,21)10-8-14-6-4-3-5-7-14/h3-7,13,15-16H,8-12H2,1-2H3,(H,18,19). The van der Waals surface area contributed by atoms with Crippen LogP contribution >= 0.6 is 0 Å². The average Bonchev–Trinajstić information content (AvgIpc) is 2.83. The maximum absolute atomic E-state index is 12.2. The zero-order chi connectivity index (χ0) is 16.9. The third-order valence-electron chi connectivity index (χ3n) is 3.99. The van der Waals surface area contributed by atoms with Gasteiger partial charge in [0.25, 0.3) is 0 Å². The van der Waals surface area contributed by atoms with Crippen molar-refractivity contribution in [2.24, 2.45) is 5.92 Å². The van der Waals surface area contributed by atoms with Crippen LogP contribution in [0, 0.1) is 5.92 Å². The maximum atomic E-state index is 12.2. The molecule has 0 radical (unpaired) electrons. The monoisotopic (exact) mass is 339 g/mol. The van der Waals surface area contributed by atoms with E-state index in [2.05, 4.69) is 19.2 Å². The number of sulfone groups is 1. The van der Waals surface area contributed by atoms with Crippen LogP contribution in [0.5, 0.6) is 0 Å². The Morgan fingerprint density at radius 1 is 1.17 bits per heavy atom. The highest BCUT2D eigenvalue weighted by Gasteiger charge is 2.34. The molecule has 1 aliphatic heterocycles. The number of nitrogens with one attached hydrogen (secondary N) is 1. The second-order valence-corrected chi connectivity index (χ2v) is 8.80. The molecule has 128 valence electrons. The first-order valence-corrected chi connectivity index (χ1v) is 9.89. The zero-order valence-corrected chi connectivity index (χ0v) is 14.5. The molecule has 1 aliphatic rings. The largest absolute Gasteiger partial charge is 0.444 e. The van der Waals surface area contributed by atoms with Gasteiger partial charge >= 0.3 is 6.09 Å². The lowest BCUT2D eigenvalue weighted by Gasteiger charge is -2.18. The van der Waals surface area contributed by atoms with Crippen LogP contribution in [-0.4, -0.2) is 38.2 Å². The van der Waals surface area contributed by atoms with E-state index >= 15 is 0 Å². The Labute approximate surface area is 138 Å². The summed E-state index contributed by atoms with van der Waals surface area (Å²) in [6.07, 6.45) is 0.869. The molecule has 1 aromatic rings. The molecule has 2 atom stereocenters. The van der Waals surface area contributed by atoms with Gasteiger partial charge in [0.2, 0.25) is 0 Å². The lowest BCUT2D eigenvalue weighted by atomic mass is 9.99. The van der Waals surface area contributed by atoms with Gasteiger partial charge in [-0.05, 0) is 24.3 Å².